The maximum atomic E-state index is 11.9. The molecule has 3 N–H and O–H groups in total. The quantitative estimate of drug-likeness (QED) is 0.485. The minimum atomic E-state index is -1.19. The molecule has 0 radical (unpaired) electrons. The molecule has 4 rings (SSSR count). The van der Waals surface area contributed by atoms with Crippen LogP contribution in [0, 0.1) is 0 Å². The highest BCUT2D eigenvalue weighted by Crippen LogP contribution is 2.31. The molecule has 10 heteroatoms. The third-order valence-corrected chi connectivity index (χ3v) is 4.71. The first-order valence-corrected chi connectivity index (χ1v) is 9.33. The molecule has 0 aliphatic carbocycles. The van der Waals surface area contributed by atoms with Gasteiger partial charge in [0.1, 0.15) is 6.33 Å². The van der Waals surface area contributed by atoms with Crippen LogP contribution in [0.5, 0.6) is 0 Å². The van der Waals surface area contributed by atoms with Crippen LogP contribution in [-0.4, -0.2) is 41.3 Å². The van der Waals surface area contributed by atoms with Crippen LogP contribution in [0.1, 0.15) is 21.7 Å². The summed E-state index contributed by atoms with van der Waals surface area (Å²) in [6.07, 6.45) is 1.38. The molecule has 2 aromatic heterocycles. The number of carbonyl (C=O) groups is 1. The Morgan fingerprint density at radius 3 is 2.20 bits per heavy atom. The van der Waals surface area contributed by atoms with Crippen molar-refractivity contribution in [3.8, 4) is 22.5 Å². The smallest absolute Gasteiger partial charge is 0.356 e. The fourth-order valence-corrected chi connectivity index (χ4v) is 3.09. The zero-order chi connectivity index (χ0) is 21.1. The molecule has 0 unspecified atom stereocenters. The summed E-state index contributed by atoms with van der Waals surface area (Å²) >= 11 is 6.03. The second-order valence-corrected chi connectivity index (χ2v) is 6.87. The highest BCUT2D eigenvalue weighted by molar-refractivity contribution is 6.30. The van der Waals surface area contributed by atoms with Crippen molar-refractivity contribution in [1.29, 1.82) is 0 Å². The molecule has 150 valence electrons. The zero-order valence-corrected chi connectivity index (χ0v) is 16.4. The fraction of sp³-hybridized carbons (Fsp3) is 0.100. The molecule has 2 aromatic carbocycles. The van der Waals surface area contributed by atoms with E-state index in [9.17, 15) is 9.90 Å². The molecule has 0 atom stereocenters. The van der Waals surface area contributed by atoms with E-state index in [4.69, 9.17) is 17.3 Å². The molecule has 30 heavy (non-hydrogen) atoms. The van der Waals surface area contributed by atoms with Crippen LogP contribution in [0.3, 0.4) is 0 Å². The fourth-order valence-electron chi connectivity index (χ4n) is 2.97. The Labute approximate surface area is 176 Å². The van der Waals surface area contributed by atoms with Crippen molar-refractivity contribution in [2.45, 2.75) is 13.1 Å². The van der Waals surface area contributed by atoms with Gasteiger partial charge < -0.3 is 10.8 Å². The number of benzene rings is 2. The van der Waals surface area contributed by atoms with E-state index >= 15 is 0 Å². The summed E-state index contributed by atoms with van der Waals surface area (Å²) < 4.78 is 1.39. The third-order valence-electron chi connectivity index (χ3n) is 4.45. The highest BCUT2D eigenvalue weighted by atomic mass is 35.5. The SMILES string of the molecule is NCc1ccc(-c2nc(C(=O)O)c(Cn3cnnn3)nc2-c2ccc(Cl)cc2)cc1. The predicted octanol–water partition coefficient (Wildman–Crippen LogP) is 2.66. The number of nitrogens with two attached hydrogens (primary N) is 1. The van der Waals surface area contributed by atoms with E-state index < -0.39 is 5.97 Å². The molecule has 0 fully saturated rings. The lowest BCUT2D eigenvalue weighted by Gasteiger charge is -2.14. The number of hydrogen-bond acceptors (Lipinski definition) is 7. The summed E-state index contributed by atoms with van der Waals surface area (Å²) in [6, 6.07) is 14.5. The first kappa shape index (κ1) is 19.6. The van der Waals surface area contributed by atoms with E-state index in [0.717, 1.165) is 16.7 Å². The summed E-state index contributed by atoms with van der Waals surface area (Å²) in [5.74, 6) is -1.19. The molecule has 0 saturated heterocycles. The Hall–Kier alpha value is -3.69. The molecule has 4 aromatic rings. The van der Waals surface area contributed by atoms with Crippen molar-refractivity contribution < 1.29 is 9.90 Å². The van der Waals surface area contributed by atoms with Gasteiger partial charge in [0.2, 0.25) is 0 Å². The molecule has 0 spiro atoms. The van der Waals surface area contributed by atoms with Crippen molar-refractivity contribution in [1.82, 2.24) is 30.2 Å². The Morgan fingerprint density at radius 1 is 1.00 bits per heavy atom. The largest absolute Gasteiger partial charge is 0.476 e. The number of aromatic nitrogens is 6. The zero-order valence-electron chi connectivity index (χ0n) is 15.6. The van der Waals surface area contributed by atoms with Crippen LogP contribution in [0.25, 0.3) is 22.5 Å². The molecule has 0 saturated carbocycles. The lowest BCUT2D eigenvalue weighted by molar-refractivity contribution is 0.0688. The van der Waals surface area contributed by atoms with Gasteiger partial charge in [-0.2, -0.15) is 0 Å². The van der Waals surface area contributed by atoms with Gasteiger partial charge in [0.25, 0.3) is 0 Å². The first-order valence-electron chi connectivity index (χ1n) is 8.95. The number of hydrogen-bond donors (Lipinski definition) is 2. The van der Waals surface area contributed by atoms with Crippen molar-refractivity contribution >= 4 is 17.6 Å². The maximum Gasteiger partial charge on any atom is 0.356 e. The van der Waals surface area contributed by atoms with Crippen LogP contribution in [0.15, 0.2) is 54.9 Å². The lowest BCUT2D eigenvalue weighted by atomic mass is 10.0. The third kappa shape index (κ3) is 4.02. The molecule has 0 bridgehead atoms. The van der Waals surface area contributed by atoms with E-state index in [0.29, 0.717) is 23.0 Å². The van der Waals surface area contributed by atoms with E-state index in [1.165, 1.54) is 11.0 Å². The summed E-state index contributed by atoms with van der Waals surface area (Å²) in [7, 11) is 0. The lowest BCUT2D eigenvalue weighted by Crippen LogP contribution is -2.14. The number of carboxylic acid groups (broad SMARTS) is 1. The van der Waals surface area contributed by atoms with Gasteiger partial charge in [-0.05, 0) is 28.1 Å². The number of carboxylic acids is 1. The Bertz CT molecular complexity index is 1180. The predicted molar refractivity (Wildman–Crippen MR) is 110 cm³/mol. The molecule has 0 aliphatic heterocycles. The van der Waals surface area contributed by atoms with Gasteiger partial charge in [-0.1, -0.05) is 48.0 Å². The molecular weight excluding hydrogens is 406 g/mol. The van der Waals surface area contributed by atoms with Crippen LogP contribution >= 0.6 is 11.6 Å². The van der Waals surface area contributed by atoms with Crippen LogP contribution in [-0.2, 0) is 13.1 Å². The van der Waals surface area contributed by atoms with E-state index in [2.05, 4.69) is 25.5 Å². The number of nitrogens with zero attached hydrogens (tertiary/aromatic N) is 6. The highest BCUT2D eigenvalue weighted by Gasteiger charge is 2.21. The molecule has 0 aliphatic rings. The van der Waals surface area contributed by atoms with Crippen molar-refractivity contribution in [2.75, 3.05) is 0 Å². The second kappa shape index (κ2) is 8.36. The second-order valence-electron chi connectivity index (χ2n) is 6.44. The summed E-state index contributed by atoms with van der Waals surface area (Å²) in [5, 5.41) is 21.3. The van der Waals surface area contributed by atoms with Crippen LogP contribution < -0.4 is 5.73 Å². The van der Waals surface area contributed by atoms with Gasteiger partial charge in [0, 0.05) is 22.7 Å². The topological polar surface area (TPSA) is 133 Å². The summed E-state index contributed by atoms with van der Waals surface area (Å²) in [5.41, 5.74) is 9.15. The van der Waals surface area contributed by atoms with E-state index in [1.54, 1.807) is 12.1 Å². The van der Waals surface area contributed by atoms with E-state index in [1.807, 2.05) is 36.4 Å². The van der Waals surface area contributed by atoms with Crippen molar-refractivity contribution in [2.24, 2.45) is 5.73 Å². The standard InChI is InChI=1S/C20H16ClN7O2/c21-15-7-5-14(6-8-15)17-18(13-3-1-12(9-22)2-4-13)25-19(20(29)30)16(24-17)10-28-11-23-26-27-28/h1-8,11H,9-10,22H2,(H,29,30). The number of halogens is 1. The molecule has 2 heterocycles. The summed E-state index contributed by atoms with van der Waals surface area (Å²) in [6.45, 7) is 0.468. The van der Waals surface area contributed by atoms with Crippen molar-refractivity contribution in [3.63, 3.8) is 0 Å². The van der Waals surface area contributed by atoms with Crippen LogP contribution in [0.2, 0.25) is 5.02 Å². The average Bonchev–Trinajstić information content (AvgIpc) is 3.27. The maximum absolute atomic E-state index is 11.9. The van der Waals surface area contributed by atoms with Gasteiger partial charge in [-0.15, -0.1) is 5.10 Å². The normalized spacial score (nSPS) is 10.9. The minimum Gasteiger partial charge on any atom is -0.476 e. The minimum absolute atomic E-state index is 0.0641. The number of aromatic carboxylic acids is 1. The Kier molecular flexibility index (Phi) is 5.46. The molecule has 9 nitrogen and oxygen atoms in total. The molecule has 0 amide bonds. The monoisotopic (exact) mass is 421 g/mol. The van der Waals surface area contributed by atoms with Gasteiger partial charge in [0.15, 0.2) is 5.69 Å². The van der Waals surface area contributed by atoms with Gasteiger partial charge in [0.05, 0.1) is 23.6 Å². The summed E-state index contributed by atoms with van der Waals surface area (Å²) in [4.78, 5) is 21.1. The first-order chi connectivity index (χ1) is 14.5. The van der Waals surface area contributed by atoms with Gasteiger partial charge in [-0.25, -0.2) is 19.4 Å². The number of rotatable bonds is 6. The number of tetrazole rings is 1. The van der Waals surface area contributed by atoms with Gasteiger partial charge in [-0.3, -0.25) is 0 Å². The Balaban J connectivity index is 1.92. The average molecular weight is 422 g/mol. The van der Waals surface area contributed by atoms with Crippen LogP contribution in [0.4, 0.5) is 0 Å². The van der Waals surface area contributed by atoms with Crippen molar-refractivity contribution in [3.05, 3.63) is 76.8 Å². The Morgan fingerprint density at radius 2 is 1.63 bits per heavy atom. The van der Waals surface area contributed by atoms with E-state index in [-0.39, 0.29) is 17.9 Å². The van der Waals surface area contributed by atoms with Gasteiger partial charge >= 0.3 is 5.97 Å². The molecular formula is C20H16ClN7O2.